The number of ether oxygens (including phenoxy) is 1. The molecule has 0 saturated carbocycles. The van der Waals surface area contributed by atoms with Crippen LogP contribution in [0.25, 0.3) is 0 Å². The number of hydrogen-bond donors (Lipinski definition) is 1. The fourth-order valence-electron chi connectivity index (χ4n) is 2.06. The molecule has 0 bridgehead atoms. The Morgan fingerprint density at radius 3 is 2.79 bits per heavy atom. The molecule has 6 heteroatoms. The van der Waals surface area contributed by atoms with Crippen LogP contribution in [0, 0.1) is 5.92 Å². The van der Waals surface area contributed by atoms with Crippen molar-refractivity contribution in [1.29, 1.82) is 0 Å². The van der Waals surface area contributed by atoms with Gasteiger partial charge in [-0.1, -0.05) is 6.92 Å². The molecule has 0 aromatic carbocycles. The van der Waals surface area contributed by atoms with Crippen LogP contribution in [0.1, 0.15) is 20.8 Å². The molecule has 1 aliphatic rings. The van der Waals surface area contributed by atoms with Crippen LogP contribution in [-0.4, -0.2) is 61.1 Å². The minimum Gasteiger partial charge on any atom is -0.469 e. The number of esters is 1. The van der Waals surface area contributed by atoms with E-state index in [9.17, 15) is 4.79 Å². The number of thioether (sulfide) groups is 1. The van der Waals surface area contributed by atoms with Crippen molar-refractivity contribution in [3.8, 4) is 0 Å². The van der Waals surface area contributed by atoms with Gasteiger partial charge in [0, 0.05) is 37.2 Å². The summed E-state index contributed by atoms with van der Waals surface area (Å²) in [6.45, 7) is 8.83. The maximum atomic E-state index is 11.4. The second-order valence-electron chi connectivity index (χ2n) is 5.38. The van der Waals surface area contributed by atoms with E-state index >= 15 is 0 Å². The molecule has 0 aliphatic carbocycles. The highest BCUT2D eigenvalue weighted by atomic mass is 32.2. The van der Waals surface area contributed by atoms with E-state index in [4.69, 9.17) is 4.74 Å². The van der Waals surface area contributed by atoms with E-state index in [1.54, 1.807) is 7.05 Å². The Labute approximate surface area is 120 Å². The number of hydrogen-bond acceptors (Lipinski definition) is 4. The molecule has 1 rings (SSSR count). The quantitative estimate of drug-likeness (QED) is 0.480. The molecule has 1 fully saturated rings. The third kappa shape index (κ3) is 4.93. The van der Waals surface area contributed by atoms with Crippen molar-refractivity contribution in [3.05, 3.63) is 0 Å². The zero-order chi connectivity index (χ0) is 14.5. The predicted octanol–water partition coefficient (Wildman–Crippen LogP) is 1.20. The van der Waals surface area contributed by atoms with E-state index in [1.165, 1.54) is 7.11 Å². The number of nitrogens with zero attached hydrogens (tertiary/aromatic N) is 2. The van der Waals surface area contributed by atoms with Crippen molar-refractivity contribution in [3.63, 3.8) is 0 Å². The van der Waals surface area contributed by atoms with Crippen LogP contribution in [0.5, 0.6) is 0 Å². The van der Waals surface area contributed by atoms with Crippen LogP contribution in [0.3, 0.4) is 0 Å². The lowest BCUT2D eigenvalue weighted by atomic mass is 10.2. The smallest absolute Gasteiger partial charge is 0.310 e. The van der Waals surface area contributed by atoms with Gasteiger partial charge in [-0.15, -0.1) is 0 Å². The average molecular weight is 287 g/mol. The summed E-state index contributed by atoms with van der Waals surface area (Å²) in [6.07, 6.45) is 0. The second-order valence-corrected chi connectivity index (χ2v) is 7.18. The van der Waals surface area contributed by atoms with Crippen molar-refractivity contribution in [2.24, 2.45) is 10.9 Å². The van der Waals surface area contributed by atoms with E-state index < -0.39 is 0 Å². The zero-order valence-corrected chi connectivity index (χ0v) is 13.3. The highest BCUT2D eigenvalue weighted by Crippen LogP contribution is 2.29. The fourth-order valence-corrected chi connectivity index (χ4v) is 3.17. The Bertz CT molecular complexity index is 345. The highest BCUT2D eigenvalue weighted by molar-refractivity contribution is 8.00. The van der Waals surface area contributed by atoms with Gasteiger partial charge in [-0.2, -0.15) is 11.8 Å². The van der Waals surface area contributed by atoms with Gasteiger partial charge in [0.2, 0.25) is 0 Å². The number of guanidine groups is 1. The van der Waals surface area contributed by atoms with Crippen molar-refractivity contribution < 1.29 is 9.53 Å². The first-order chi connectivity index (χ1) is 8.89. The summed E-state index contributed by atoms with van der Waals surface area (Å²) in [5.74, 6) is 1.59. The van der Waals surface area contributed by atoms with Gasteiger partial charge in [-0.25, -0.2) is 0 Å². The van der Waals surface area contributed by atoms with Gasteiger partial charge in [0.1, 0.15) is 0 Å². The van der Waals surface area contributed by atoms with Crippen LogP contribution in [0.2, 0.25) is 0 Å². The molecule has 1 atom stereocenters. The minimum absolute atomic E-state index is 0.172. The molecule has 0 amide bonds. The number of rotatable bonds is 3. The van der Waals surface area contributed by atoms with Crippen molar-refractivity contribution in [1.82, 2.24) is 10.2 Å². The molecule has 0 spiro atoms. The maximum absolute atomic E-state index is 11.4. The lowest BCUT2D eigenvalue weighted by Crippen LogP contribution is -2.51. The average Bonchev–Trinajstić information content (AvgIpc) is 2.37. The first-order valence-electron chi connectivity index (χ1n) is 6.57. The molecule has 1 unspecified atom stereocenters. The standard InChI is InChI=1S/C13H25N3O2S/c1-10(11(17)18-5)8-15-12(14-4)16-6-7-19-13(2,3)9-16/h10H,6-9H2,1-5H3,(H,14,15). The predicted molar refractivity (Wildman–Crippen MR) is 80.7 cm³/mol. The molecule has 110 valence electrons. The molecular formula is C13H25N3O2S. The van der Waals surface area contributed by atoms with Crippen LogP contribution in [-0.2, 0) is 9.53 Å². The van der Waals surface area contributed by atoms with Crippen LogP contribution in [0.15, 0.2) is 4.99 Å². The van der Waals surface area contributed by atoms with Gasteiger partial charge in [-0.05, 0) is 13.8 Å². The maximum Gasteiger partial charge on any atom is 0.310 e. The molecular weight excluding hydrogens is 262 g/mol. The summed E-state index contributed by atoms with van der Waals surface area (Å²) in [4.78, 5) is 17.9. The molecule has 1 saturated heterocycles. The zero-order valence-electron chi connectivity index (χ0n) is 12.5. The van der Waals surface area contributed by atoms with E-state index in [-0.39, 0.29) is 16.6 Å². The SMILES string of the molecule is CN=C(NCC(C)C(=O)OC)N1CCSC(C)(C)C1. The monoisotopic (exact) mass is 287 g/mol. The number of methoxy groups -OCH3 is 1. The van der Waals surface area contributed by atoms with Gasteiger partial charge in [0.25, 0.3) is 0 Å². The summed E-state index contributed by atoms with van der Waals surface area (Å²) >= 11 is 1.99. The van der Waals surface area contributed by atoms with Gasteiger partial charge in [-0.3, -0.25) is 9.79 Å². The van der Waals surface area contributed by atoms with E-state index in [2.05, 4.69) is 29.1 Å². The number of aliphatic imine (C=N–C) groups is 1. The Balaban J connectivity index is 2.52. The number of carbonyl (C=O) groups is 1. The summed E-state index contributed by atoms with van der Waals surface area (Å²) in [5, 5.41) is 3.26. The van der Waals surface area contributed by atoms with E-state index in [1.807, 2.05) is 18.7 Å². The highest BCUT2D eigenvalue weighted by Gasteiger charge is 2.28. The molecule has 1 heterocycles. The van der Waals surface area contributed by atoms with E-state index in [0.717, 1.165) is 24.8 Å². The van der Waals surface area contributed by atoms with Crippen LogP contribution < -0.4 is 5.32 Å². The van der Waals surface area contributed by atoms with Gasteiger partial charge in [0.15, 0.2) is 5.96 Å². The Hall–Kier alpha value is -0.910. The van der Waals surface area contributed by atoms with Crippen LogP contribution >= 0.6 is 11.8 Å². The third-order valence-corrected chi connectivity index (χ3v) is 4.40. The van der Waals surface area contributed by atoms with Crippen molar-refractivity contribution in [2.75, 3.05) is 39.5 Å². The normalized spacial score (nSPS) is 20.9. The molecule has 1 N–H and O–H groups in total. The topological polar surface area (TPSA) is 53.9 Å². The first-order valence-corrected chi connectivity index (χ1v) is 7.55. The fraction of sp³-hybridized carbons (Fsp3) is 0.846. The van der Waals surface area contributed by atoms with Gasteiger partial charge >= 0.3 is 5.97 Å². The van der Waals surface area contributed by atoms with Gasteiger partial charge in [0.05, 0.1) is 13.0 Å². The largest absolute Gasteiger partial charge is 0.469 e. The van der Waals surface area contributed by atoms with E-state index in [0.29, 0.717) is 6.54 Å². The lowest BCUT2D eigenvalue weighted by molar-refractivity contribution is -0.144. The molecule has 0 radical (unpaired) electrons. The number of nitrogens with one attached hydrogen (secondary N) is 1. The van der Waals surface area contributed by atoms with Crippen LogP contribution in [0.4, 0.5) is 0 Å². The lowest BCUT2D eigenvalue weighted by Gasteiger charge is -2.39. The summed E-state index contributed by atoms with van der Waals surface area (Å²) in [5.41, 5.74) is 0. The molecule has 0 aromatic heterocycles. The molecule has 0 aromatic rings. The Kier molecular flexibility index (Phi) is 5.97. The number of carbonyl (C=O) groups excluding carboxylic acids is 1. The van der Waals surface area contributed by atoms with Gasteiger partial charge < -0.3 is 15.0 Å². The van der Waals surface area contributed by atoms with Crippen molar-refractivity contribution in [2.45, 2.75) is 25.5 Å². The summed E-state index contributed by atoms with van der Waals surface area (Å²) < 4.78 is 4.96. The minimum atomic E-state index is -0.197. The Morgan fingerprint density at radius 2 is 2.26 bits per heavy atom. The third-order valence-electron chi connectivity index (χ3n) is 3.11. The summed E-state index contributed by atoms with van der Waals surface area (Å²) in [7, 11) is 3.19. The molecule has 1 aliphatic heterocycles. The molecule has 5 nitrogen and oxygen atoms in total. The summed E-state index contributed by atoms with van der Waals surface area (Å²) in [6, 6.07) is 0. The second kappa shape index (κ2) is 7.03. The first kappa shape index (κ1) is 16.1. The Morgan fingerprint density at radius 1 is 1.58 bits per heavy atom. The molecule has 19 heavy (non-hydrogen) atoms. The van der Waals surface area contributed by atoms with Crippen molar-refractivity contribution >= 4 is 23.7 Å².